The predicted molar refractivity (Wildman–Crippen MR) is 220 cm³/mol. The van der Waals surface area contributed by atoms with Crippen LogP contribution in [0.3, 0.4) is 0 Å². The van der Waals surface area contributed by atoms with Crippen molar-refractivity contribution in [2.45, 2.75) is 31.3 Å². The lowest BCUT2D eigenvalue weighted by Crippen LogP contribution is -2.32. The molecule has 12 nitrogen and oxygen atoms in total. The quantitative estimate of drug-likeness (QED) is 0.0859. The molecular weight excluding hydrogens is 813 g/mol. The first-order valence-electron chi connectivity index (χ1n) is 17.8. The van der Waals surface area contributed by atoms with Gasteiger partial charge < -0.3 is 37.0 Å². The topological polar surface area (TPSA) is 124 Å². The van der Waals surface area contributed by atoms with Gasteiger partial charge in [0.05, 0.1) is 92.0 Å². The van der Waals surface area contributed by atoms with E-state index in [4.69, 9.17) is 33.7 Å². The molecule has 280 valence electrons. The van der Waals surface area contributed by atoms with Crippen molar-refractivity contribution in [3.05, 3.63) is 107 Å². The fraction of sp³-hybridized carbons (Fsp3) is 0.238. The van der Waals surface area contributed by atoms with Crippen LogP contribution in [0.4, 0.5) is 17.1 Å². The van der Waals surface area contributed by atoms with Crippen molar-refractivity contribution in [3.8, 4) is 28.7 Å². The minimum Gasteiger partial charge on any atom is -0.497 e. The van der Waals surface area contributed by atoms with Gasteiger partial charge in [-0.25, -0.2) is 0 Å². The third-order valence-electron chi connectivity index (χ3n) is 10.1. The van der Waals surface area contributed by atoms with Crippen molar-refractivity contribution in [2.75, 3.05) is 38.1 Å². The van der Waals surface area contributed by atoms with Crippen molar-refractivity contribution in [1.82, 2.24) is 9.80 Å². The van der Waals surface area contributed by atoms with Gasteiger partial charge in [-0.15, -0.1) is 0 Å². The first kappa shape index (κ1) is 36.2. The van der Waals surface area contributed by atoms with Gasteiger partial charge in [0.25, 0.3) is 11.8 Å². The number of fused-ring (bicyclic) bond motifs is 4. The summed E-state index contributed by atoms with van der Waals surface area (Å²) in [5, 5.41) is 0. The summed E-state index contributed by atoms with van der Waals surface area (Å²) < 4.78 is 31.9. The zero-order valence-corrected chi connectivity index (χ0v) is 32.6. The summed E-state index contributed by atoms with van der Waals surface area (Å²) >= 11 is 2.10. The molecule has 2 amide bonds. The zero-order chi connectivity index (χ0) is 38.1. The molecule has 4 aromatic rings. The first-order valence-corrected chi connectivity index (χ1v) is 18.9. The molecule has 0 aromatic heterocycles. The van der Waals surface area contributed by atoms with E-state index in [2.05, 4.69) is 26.4 Å². The second-order valence-electron chi connectivity index (χ2n) is 13.3. The van der Waals surface area contributed by atoms with Gasteiger partial charge in [0.15, 0.2) is 23.0 Å². The van der Waals surface area contributed by atoms with Crippen LogP contribution in [0.15, 0.2) is 95.2 Å². The fourth-order valence-electron chi connectivity index (χ4n) is 7.12. The standard InChI is InChI=1S/C42H38IN5O7/c1-51-32-11-7-26(8-12-32)28-16-31-22-45-36-20-40(38(53-3)18-34(36)42(50)48(31)24-28)55-14-4-13-54-39-19-35-33(17-37(39)52-2)41(49)47-23-27(15-30(47)21-44-35)25-5-9-29(46-43)10-6-25/h5-12,17-24,30-31,46H,4,13-16H2,1-3H3/t30-,31?/m0/s1. The number of nitrogens with one attached hydrogen (secondary N) is 1. The molecule has 4 aliphatic rings. The second-order valence-corrected chi connectivity index (χ2v) is 13.9. The van der Waals surface area contributed by atoms with E-state index in [1.54, 1.807) is 55.4 Å². The predicted octanol–water partition coefficient (Wildman–Crippen LogP) is 8.27. The molecule has 0 aliphatic carbocycles. The third kappa shape index (κ3) is 7.11. The molecule has 0 bridgehead atoms. The summed E-state index contributed by atoms with van der Waals surface area (Å²) in [6.45, 7) is 0.616. The smallest absolute Gasteiger partial charge is 0.260 e. The molecule has 8 rings (SSSR count). The largest absolute Gasteiger partial charge is 0.497 e. The number of nitrogens with zero attached hydrogens (tertiary/aromatic N) is 4. The molecule has 13 heteroatoms. The number of hydrogen-bond donors (Lipinski definition) is 1. The van der Waals surface area contributed by atoms with Crippen LogP contribution in [-0.2, 0) is 0 Å². The van der Waals surface area contributed by atoms with Gasteiger partial charge in [0.2, 0.25) is 0 Å². The number of halogens is 1. The van der Waals surface area contributed by atoms with Crippen LogP contribution in [-0.4, -0.2) is 80.7 Å². The lowest BCUT2D eigenvalue weighted by atomic mass is 10.0. The van der Waals surface area contributed by atoms with E-state index < -0.39 is 0 Å². The van der Waals surface area contributed by atoms with Gasteiger partial charge in [0.1, 0.15) is 5.75 Å². The Morgan fingerprint density at radius 2 is 1.13 bits per heavy atom. The molecule has 0 fully saturated rings. The van der Waals surface area contributed by atoms with Crippen molar-refractivity contribution < 1.29 is 33.3 Å². The molecule has 55 heavy (non-hydrogen) atoms. The highest BCUT2D eigenvalue weighted by molar-refractivity contribution is 14.1. The number of rotatable bonds is 12. The third-order valence-corrected chi connectivity index (χ3v) is 10.7. The summed E-state index contributed by atoms with van der Waals surface area (Å²) in [6, 6.07) is 22.4. The maximum atomic E-state index is 13.8. The number of methoxy groups -OCH3 is 3. The van der Waals surface area contributed by atoms with Gasteiger partial charge in [0, 0.05) is 61.9 Å². The first-order chi connectivity index (χ1) is 26.9. The van der Waals surface area contributed by atoms with Crippen molar-refractivity contribution in [2.24, 2.45) is 9.98 Å². The normalized spacial score (nSPS) is 18.0. The molecule has 4 aromatic carbocycles. The Labute approximate surface area is 332 Å². The number of anilines is 1. The Bertz CT molecular complexity index is 2110. The summed E-state index contributed by atoms with van der Waals surface area (Å²) in [5.41, 5.74) is 7.16. The van der Waals surface area contributed by atoms with Gasteiger partial charge in [-0.05, 0) is 58.7 Å². The van der Waals surface area contributed by atoms with Gasteiger partial charge in [-0.1, -0.05) is 24.3 Å². The van der Waals surface area contributed by atoms with Gasteiger partial charge in [-0.3, -0.25) is 19.6 Å². The molecule has 0 saturated carbocycles. The molecule has 4 heterocycles. The molecule has 0 spiro atoms. The van der Waals surface area contributed by atoms with E-state index in [1.807, 2.05) is 73.4 Å². The van der Waals surface area contributed by atoms with E-state index in [-0.39, 0.29) is 23.9 Å². The number of carbonyl (C=O) groups is 2. The Hall–Kier alpha value is -5.83. The number of carbonyl (C=O) groups excluding carboxylic acids is 2. The van der Waals surface area contributed by atoms with Crippen LogP contribution in [0.5, 0.6) is 28.7 Å². The van der Waals surface area contributed by atoms with Crippen molar-refractivity contribution >= 4 is 75.3 Å². The average Bonchev–Trinajstić information content (AvgIpc) is 3.80. The molecule has 0 radical (unpaired) electrons. The Kier molecular flexibility index (Phi) is 10.2. The highest BCUT2D eigenvalue weighted by Gasteiger charge is 2.35. The van der Waals surface area contributed by atoms with Gasteiger partial charge in [-0.2, -0.15) is 0 Å². The Morgan fingerprint density at radius 1 is 0.655 bits per heavy atom. The summed E-state index contributed by atoms with van der Waals surface area (Å²) in [6.07, 6.45) is 9.30. The SMILES string of the molecule is COc1ccc(C2=CN3C(=O)c4cc(OC)c(OCCCOc5cc6c(cc5OC)C(=O)N5C=C(c7ccc(NI)cc7)C[C@H]5C=N6)cc4N=CC3C2)cc1. The summed E-state index contributed by atoms with van der Waals surface area (Å²) in [4.78, 5) is 40.4. The van der Waals surface area contributed by atoms with Crippen LogP contribution >= 0.6 is 22.9 Å². The number of hydrogen-bond acceptors (Lipinski definition) is 10. The molecule has 4 aliphatic heterocycles. The minimum absolute atomic E-state index is 0.146. The van der Waals surface area contributed by atoms with E-state index >= 15 is 0 Å². The molecule has 1 unspecified atom stereocenters. The second kappa shape index (κ2) is 15.5. The van der Waals surface area contributed by atoms with Crippen molar-refractivity contribution in [1.29, 1.82) is 0 Å². The van der Waals surface area contributed by atoms with E-state index in [9.17, 15) is 9.59 Å². The molecule has 2 atom stereocenters. The molecule has 0 saturated heterocycles. The molecular formula is C42H38IN5O7. The maximum Gasteiger partial charge on any atom is 0.260 e. The van der Waals surface area contributed by atoms with Crippen LogP contribution in [0.1, 0.15) is 51.1 Å². The van der Waals surface area contributed by atoms with Crippen LogP contribution in [0.25, 0.3) is 11.1 Å². The number of amides is 2. The zero-order valence-electron chi connectivity index (χ0n) is 30.5. The van der Waals surface area contributed by atoms with Gasteiger partial charge >= 0.3 is 0 Å². The van der Waals surface area contributed by atoms with E-state index in [1.165, 1.54) is 0 Å². The van der Waals surface area contributed by atoms with Crippen LogP contribution in [0.2, 0.25) is 0 Å². The lowest BCUT2D eigenvalue weighted by molar-refractivity contribution is 0.0809. The Balaban J connectivity index is 0.906. The minimum atomic E-state index is -0.202. The summed E-state index contributed by atoms with van der Waals surface area (Å²) in [5.74, 6) is 2.31. The van der Waals surface area contributed by atoms with E-state index in [0.29, 0.717) is 78.0 Å². The average molecular weight is 852 g/mol. The highest BCUT2D eigenvalue weighted by Crippen LogP contribution is 2.42. The number of benzene rings is 4. The highest BCUT2D eigenvalue weighted by atomic mass is 127. The van der Waals surface area contributed by atoms with E-state index in [0.717, 1.165) is 33.7 Å². The van der Waals surface area contributed by atoms with Crippen molar-refractivity contribution in [3.63, 3.8) is 0 Å². The van der Waals surface area contributed by atoms with Crippen LogP contribution in [0, 0.1) is 0 Å². The molecule has 1 N–H and O–H groups in total. The van der Waals surface area contributed by atoms with Crippen LogP contribution < -0.4 is 27.2 Å². The monoisotopic (exact) mass is 851 g/mol. The fourth-order valence-corrected chi connectivity index (χ4v) is 7.48. The lowest BCUT2D eigenvalue weighted by Gasteiger charge is -2.19. The Morgan fingerprint density at radius 3 is 1.56 bits per heavy atom. The number of aliphatic imine (C=N–C) groups is 2. The summed E-state index contributed by atoms with van der Waals surface area (Å²) in [7, 11) is 4.73. The maximum absolute atomic E-state index is 13.8. The number of ether oxygens (including phenoxy) is 5.